The van der Waals surface area contributed by atoms with Crippen molar-refractivity contribution in [2.24, 2.45) is 0 Å². The van der Waals surface area contributed by atoms with Crippen LogP contribution in [0.2, 0.25) is 0 Å². The van der Waals surface area contributed by atoms with Crippen molar-refractivity contribution in [3.05, 3.63) is 53.2 Å². The van der Waals surface area contributed by atoms with Crippen molar-refractivity contribution in [1.29, 1.82) is 0 Å². The molecular weight excluding hydrogens is 298 g/mol. The summed E-state index contributed by atoms with van der Waals surface area (Å²) in [5.74, 6) is 0. The first-order valence-corrected chi connectivity index (χ1v) is 8.69. The molecule has 5 heteroatoms. The third kappa shape index (κ3) is 3.22. The van der Waals surface area contributed by atoms with E-state index in [0.717, 1.165) is 30.0 Å². The van der Waals surface area contributed by atoms with Crippen LogP contribution in [0.5, 0.6) is 0 Å². The number of aromatic nitrogens is 4. The van der Waals surface area contributed by atoms with Gasteiger partial charge in [0.15, 0.2) is 0 Å². The zero-order valence-electron chi connectivity index (χ0n) is 15.2. The summed E-state index contributed by atoms with van der Waals surface area (Å²) in [6, 6.07) is 6.75. The Morgan fingerprint density at radius 3 is 2.62 bits per heavy atom. The van der Waals surface area contributed by atoms with Gasteiger partial charge in [-0.2, -0.15) is 5.10 Å². The van der Waals surface area contributed by atoms with Crippen LogP contribution < -0.4 is 5.32 Å². The van der Waals surface area contributed by atoms with Gasteiger partial charge in [-0.1, -0.05) is 6.07 Å². The molecule has 3 aromatic heterocycles. The zero-order valence-corrected chi connectivity index (χ0v) is 15.2. The number of nitrogens with one attached hydrogen (secondary N) is 1. The molecule has 0 saturated heterocycles. The second-order valence-electron chi connectivity index (χ2n) is 6.75. The van der Waals surface area contributed by atoms with E-state index >= 15 is 0 Å². The molecule has 3 heterocycles. The van der Waals surface area contributed by atoms with E-state index in [2.05, 4.69) is 65.3 Å². The Balaban J connectivity index is 1.64. The normalized spacial score (nSPS) is 13.1. The summed E-state index contributed by atoms with van der Waals surface area (Å²) in [4.78, 5) is 4.65. The number of hydrogen-bond acceptors (Lipinski definition) is 3. The van der Waals surface area contributed by atoms with Crippen LogP contribution in [0.15, 0.2) is 30.6 Å². The maximum Gasteiger partial charge on any atom is 0.136 e. The topological polar surface area (TPSA) is 47.2 Å². The second kappa shape index (κ2) is 6.77. The fraction of sp³-hybridized carbons (Fsp3) is 0.474. The van der Waals surface area contributed by atoms with Gasteiger partial charge in [-0.05, 0) is 46.8 Å². The highest BCUT2D eigenvalue weighted by molar-refractivity contribution is 5.39. The highest BCUT2D eigenvalue weighted by Gasteiger charge is 2.18. The molecule has 0 saturated carbocycles. The van der Waals surface area contributed by atoms with Gasteiger partial charge in [-0.3, -0.25) is 4.68 Å². The monoisotopic (exact) mass is 325 g/mol. The number of aryl methyl sites for hydroxylation is 1. The SMILES string of the molecule is Cc1nn(C(C)C)c(C)c1[C@H](C)NCCc1cn2ccccc2n1. The van der Waals surface area contributed by atoms with Crippen LogP contribution in [0.25, 0.3) is 5.65 Å². The quantitative estimate of drug-likeness (QED) is 0.753. The van der Waals surface area contributed by atoms with E-state index in [9.17, 15) is 0 Å². The third-order valence-electron chi connectivity index (χ3n) is 4.55. The molecule has 24 heavy (non-hydrogen) atoms. The van der Waals surface area contributed by atoms with Gasteiger partial charge in [0.2, 0.25) is 0 Å². The van der Waals surface area contributed by atoms with E-state index in [1.807, 2.05) is 24.4 Å². The molecule has 0 amide bonds. The molecule has 3 aromatic rings. The molecule has 128 valence electrons. The van der Waals surface area contributed by atoms with E-state index in [4.69, 9.17) is 0 Å². The van der Waals surface area contributed by atoms with Gasteiger partial charge in [-0.25, -0.2) is 4.98 Å². The van der Waals surface area contributed by atoms with Crippen molar-refractivity contribution in [2.45, 2.75) is 53.1 Å². The van der Waals surface area contributed by atoms with Gasteiger partial charge in [0.1, 0.15) is 5.65 Å². The summed E-state index contributed by atoms with van der Waals surface area (Å²) < 4.78 is 4.19. The first-order chi connectivity index (χ1) is 11.5. The van der Waals surface area contributed by atoms with E-state index < -0.39 is 0 Å². The van der Waals surface area contributed by atoms with Gasteiger partial charge < -0.3 is 9.72 Å². The van der Waals surface area contributed by atoms with E-state index in [0.29, 0.717) is 6.04 Å². The number of pyridine rings is 1. The molecule has 1 N–H and O–H groups in total. The van der Waals surface area contributed by atoms with Crippen LogP contribution in [0, 0.1) is 13.8 Å². The summed E-state index contributed by atoms with van der Waals surface area (Å²) in [7, 11) is 0. The van der Waals surface area contributed by atoms with Crippen molar-refractivity contribution in [2.75, 3.05) is 6.54 Å². The molecule has 0 aliphatic rings. The van der Waals surface area contributed by atoms with Crippen LogP contribution in [-0.4, -0.2) is 25.7 Å². The molecule has 3 rings (SSSR count). The fourth-order valence-electron chi connectivity index (χ4n) is 3.43. The van der Waals surface area contributed by atoms with Gasteiger partial charge in [0.25, 0.3) is 0 Å². The molecule has 0 radical (unpaired) electrons. The molecule has 0 bridgehead atoms. The summed E-state index contributed by atoms with van der Waals surface area (Å²) in [6.07, 6.45) is 5.06. The summed E-state index contributed by atoms with van der Waals surface area (Å²) in [5.41, 5.74) is 5.82. The van der Waals surface area contributed by atoms with Crippen molar-refractivity contribution in [3.63, 3.8) is 0 Å². The molecule has 0 aliphatic carbocycles. The Hall–Kier alpha value is -2.14. The van der Waals surface area contributed by atoms with E-state index in [1.165, 1.54) is 11.3 Å². The zero-order chi connectivity index (χ0) is 17.3. The van der Waals surface area contributed by atoms with E-state index in [1.54, 1.807) is 0 Å². The number of imidazole rings is 1. The number of nitrogens with zero attached hydrogens (tertiary/aromatic N) is 4. The number of hydrogen-bond donors (Lipinski definition) is 1. The predicted octanol–water partition coefficient (Wildman–Crippen LogP) is 3.62. The Bertz CT molecular complexity index is 795. The minimum Gasteiger partial charge on any atom is -0.310 e. The second-order valence-corrected chi connectivity index (χ2v) is 6.75. The molecule has 0 aromatic carbocycles. The van der Waals surface area contributed by atoms with Crippen LogP contribution >= 0.6 is 0 Å². The minimum atomic E-state index is 0.287. The highest BCUT2D eigenvalue weighted by Crippen LogP contribution is 2.23. The van der Waals surface area contributed by atoms with Gasteiger partial charge in [-0.15, -0.1) is 0 Å². The Morgan fingerprint density at radius 1 is 1.17 bits per heavy atom. The van der Waals surface area contributed by atoms with Crippen molar-refractivity contribution in [3.8, 4) is 0 Å². The Morgan fingerprint density at radius 2 is 1.96 bits per heavy atom. The maximum atomic E-state index is 4.69. The van der Waals surface area contributed by atoms with Crippen LogP contribution in [-0.2, 0) is 6.42 Å². The predicted molar refractivity (Wildman–Crippen MR) is 97.4 cm³/mol. The van der Waals surface area contributed by atoms with Crippen LogP contribution in [0.4, 0.5) is 0 Å². The Kier molecular flexibility index (Phi) is 4.71. The standard InChI is InChI=1S/C19H27N5/c1-13(2)24-16(5)19(15(4)22-24)14(3)20-10-9-17-12-23-11-7-6-8-18(23)21-17/h6-8,11-14,20H,9-10H2,1-5H3/t14-/m0/s1. The third-order valence-corrected chi connectivity index (χ3v) is 4.55. The van der Waals surface area contributed by atoms with Gasteiger partial charge >= 0.3 is 0 Å². The van der Waals surface area contributed by atoms with Gasteiger partial charge in [0, 0.05) is 48.7 Å². The van der Waals surface area contributed by atoms with Crippen molar-refractivity contribution < 1.29 is 0 Å². The van der Waals surface area contributed by atoms with Crippen molar-refractivity contribution in [1.82, 2.24) is 24.5 Å². The van der Waals surface area contributed by atoms with E-state index in [-0.39, 0.29) is 6.04 Å². The largest absolute Gasteiger partial charge is 0.310 e. The van der Waals surface area contributed by atoms with Crippen LogP contribution in [0.3, 0.4) is 0 Å². The molecule has 1 atom stereocenters. The molecular formula is C19H27N5. The first kappa shape index (κ1) is 16.7. The highest BCUT2D eigenvalue weighted by atomic mass is 15.3. The lowest BCUT2D eigenvalue weighted by Gasteiger charge is -2.15. The van der Waals surface area contributed by atoms with Gasteiger partial charge in [0.05, 0.1) is 11.4 Å². The average Bonchev–Trinajstić information content (AvgIpc) is 3.07. The number of fused-ring (bicyclic) bond motifs is 1. The lowest BCUT2D eigenvalue weighted by atomic mass is 10.1. The minimum absolute atomic E-state index is 0.287. The van der Waals surface area contributed by atoms with Crippen molar-refractivity contribution >= 4 is 5.65 Å². The lowest BCUT2D eigenvalue weighted by Crippen LogP contribution is -2.22. The lowest BCUT2D eigenvalue weighted by molar-refractivity contribution is 0.512. The molecule has 5 nitrogen and oxygen atoms in total. The van der Waals surface area contributed by atoms with Crippen LogP contribution in [0.1, 0.15) is 55.5 Å². The number of rotatable bonds is 6. The average molecular weight is 325 g/mol. The first-order valence-electron chi connectivity index (χ1n) is 8.69. The maximum absolute atomic E-state index is 4.69. The molecule has 0 aliphatic heterocycles. The fourth-order valence-corrected chi connectivity index (χ4v) is 3.43. The molecule has 0 spiro atoms. The molecule has 0 fully saturated rings. The molecule has 0 unspecified atom stereocenters. The summed E-state index contributed by atoms with van der Waals surface area (Å²) in [6.45, 7) is 11.7. The Labute approximate surface area is 143 Å². The summed E-state index contributed by atoms with van der Waals surface area (Å²) >= 11 is 0. The smallest absolute Gasteiger partial charge is 0.136 e. The summed E-state index contributed by atoms with van der Waals surface area (Å²) in [5, 5.41) is 8.31.